The van der Waals surface area contributed by atoms with E-state index in [-0.39, 0.29) is 12.5 Å². The second-order valence-corrected chi connectivity index (χ2v) is 11.2. The highest BCUT2D eigenvalue weighted by molar-refractivity contribution is 5.81. The Bertz CT molecular complexity index is 1500. The summed E-state index contributed by atoms with van der Waals surface area (Å²) in [6.45, 7) is 5.02. The number of carboxylic acids is 1. The van der Waals surface area contributed by atoms with Gasteiger partial charge < -0.3 is 43.6 Å². The average Bonchev–Trinajstić information content (AvgIpc) is 3.33. The smallest absolute Gasteiger partial charge is 0.407 e. The highest BCUT2D eigenvalue weighted by atomic mass is 16.7. The molecule has 48 heavy (non-hydrogen) atoms. The van der Waals surface area contributed by atoms with Gasteiger partial charge in [-0.25, -0.2) is 9.59 Å². The average molecular weight is 672 g/mol. The summed E-state index contributed by atoms with van der Waals surface area (Å²) in [6.07, 6.45) is -9.95. The van der Waals surface area contributed by atoms with Crippen molar-refractivity contribution in [1.29, 1.82) is 0 Å². The molecule has 258 valence electrons. The number of carboxylic acid groups (broad SMARTS) is 1. The monoisotopic (exact) mass is 671 g/mol. The van der Waals surface area contributed by atoms with Crippen LogP contribution in [0.3, 0.4) is 0 Å². The van der Waals surface area contributed by atoms with Crippen LogP contribution >= 0.6 is 0 Å². The summed E-state index contributed by atoms with van der Waals surface area (Å²) in [5.41, 5.74) is 3.94. The maximum absolute atomic E-state index is 13.0. The molecule has 1 saturated heterocycles. The SMILES string of the molecule is CC(=O)OCC1OC(O[C@H](C)[C@H](NC(=O)OCC2c3ccccc3-c3ccccc32)C(=O)O)C(OC(C)=O)C(OC(C)=O)C1OC(C)=O. The van der Waals surface area contributed by atoms with Crippen molar-refractivity contribution in [2.45, 2.75) is 83.4 Å². The van der Waals surface area contributed by atoms with Gasteiger partial charge in [-0.1, -0.05) is 48.5 Å². The first-order valence-electron chi connectivity index (χ1n) is 15.1. The number of benzene rings is 2. The molecule has 1 fully saturated rings. The van der Waals surface area contributed by atoms with E-state index in [1.807, 2.05) is 48.5 Å². The second-order valence-electron chi connectivity index (χ2n) is 11.2. The number of amides is 1. The van der Waals surface area contributed by atoms with E-state index >= 15 is 0 Å². The predicted molar refractivity (Wildman–Crippen MR) is 162 cm³/mol. The van der Waals surface area contributed by atoms with Gasteiger partial charge in [-0.2, -0.15) is 0 Å². The molecule has 0 bridgehead atoms. The highest BCUT2D eigenvalue weighted by Gasteiger charge is 2.53. The van der Waals surface area contributed by atoms with Crippen LogP contribution < -0.4 is 5.32 Å². The predicted octanol–water partition coefficient (Wildman–Crippen LogP) is 2.47. The van der Waals surface area contributed by atoms with Gasteiger partial charge in [0, 0.05) is 33.6 Å². The maximum Gasteiger partial charge on any atom is 0.407 e. The van der Waals surface area contributed by atoms with Crippen molar-refractivity contribution in [2.24, 2.45) is 0 Å². The van der Waals surface area contributed by atoms with E-state index in [1.54, 1.807) is 0 Å². The number of rotatable bonds is 12. The molecule has 1 aliphatic carbocycles. The lowest BCUT2D eigenvalue weighted by molar-refractivity contribution is -0.316. The van der Waals surface area contributed by atoms with E-state index in [2.05, 4.69) is 5.32 Å². The molecule has 15 nitrogen and oxygen atoms in total. The van der Waals surface area contributed by atoms with E-state index in [1.165, 1.54) is 6.92 Å². The van der Waals surface area contributed by atoms with Gasteiger partial charge in [0.05, 0.1) is 6.10 Å². The molecule has 0 saturated carbocycles. The number of carbonyl (C=O) groups excluding carboxylic acids is 5. The van der Waals surface area contributed by atoms with Crippen LogP contribution in [0.1, 0.15) is 51.7 Å². The number of hydrogen-bond acceptors (Lipinski definition) is 13. The molecule has 0 spiro atoms. The van der Waals surface area contributed by atoms with Crippen LogP contribution in [-0.4, -0.2) is 97.1 Å². The number of carbonyl (C=O) groups is 6. The fourth-order valence-electron chi connectivity index (χ4n) is 5.74. The van der Waals surface area contributed by atoms with Gasteiger partial charge in [0.15, 0.2) is 30.6 Å². The van der Waals surface area contributed by atoms with Gasteiger partial charge in [-0.05, 0) is 29.2 Å². The molecule has 2 N–H and O–H groups in total. The number of ether oxygens (including phenoxy) is 7. The third kappa shape index (κ3) is 8.66. The van der Waals surface area contributed by atoms with E-state index < -0.39 is 85.4 Å². The van der Waals surface area contributed by atoms with Crippen LogP contribution in [0.2, 0.25) is 0 Å². The molecule has 2 aromatic rings. The van der Waals surface area contributed by atoms with E-state index in [9.17, 15) is 33.9 Å². The molecule has 1 heterocycles. The zero-order chi connectivity index (χ0) is 35.1. The highest BCUT2D eigenvalue weighted by Crippen LogP contribution is 2.44. The quantitative estimate of drug-likeness (QED) is 0.246. The van der Waals surface area contributed by atoms with Crippen molar-refractivity contribution in [2.75, 3.05) is 13.2 Å². The van der Waals surface area contributed by atoms with Gasteiger partial charge in [-0.3, -0.25) is 19.2 Å². The van der Waals surface area contributed by atoms with Crippen LogP contribution in [0, 0.1) is 0 Å². The Morgan fingerprint density at radius 3 is 1.77 bits per heavy atom. The molecule has 0 aromatic heterocycles. The van der Waals surface area contributed by atoms with Crippen molar-refractivity contribution in [3.63, 3.8) is 0 Å². The first-order chi connectivity index (χ1) is 22.8. The number of fused-ring (bicyclic) bond motifs is 3. The second kappa shape index (κ2) is 15.7. The van der Waals surface area contributed by atoms with Gasteiger partial charge in [0.2, 0.25) is 0 Å². The Kier molecular flexibility index (Phi) is 11.7. The van der Waals surface area contributed by atoms with E-state index in [4.69, 9.17) is 33.2 Å². The van der Waals surface area contributed by atoms with Crippen molar-refractivity contribution in [1.82, 2.24) is 5.32 Å². The number of hydrogen-bond donors (Lipinski definition) is 2. The summed E-state index contributed by atoms with van der Waals surface area (Å²) in [4.78, 5) is 73.0. The number of aliphatic carboxylic acids is 1. The molecule has 5 unspecified atom stereocenters. The van der Waals surface area contributed by atoms with Crippen LogP contribution in [-0.2, 0) is 57.1 Å². The Morgan fingerprint density at radius 1 is 0.729 bits per heavy atom. The third-order valence-corrected chi connectivity index (χ3v) is 7.65. The van der Waals surface area contributed by atoms with Crippen LogP contribution in [0.15, 0.2) is 48.5 Å². The van der Waals surface area contributed by atoms with Crippen molar-refractivity contribution < 1.29 is 67.0 Å². The normalized spacial score (nSPS) is 22.6. The minimum Gasteiger partial charge on any atom is -0.480 e. The summed E-state index contributed by atoms with van der Waals surface area (Å²) >= 11 is 0. The number of esters is 4. The van der Waals surface area contributed by atoms with Crippen LogP contribution in [0.4, 0.5) is 4.79 Å². The molecule has 0 radical (unpaired) electrons. The van der Waals surface area contributed by atoms with Crippen molar-refractivity contribution >= 4 is 35.9 Å². The lowest BCUT2D eigenvalue weighted by atomic mass is 9.98. The molecular weight excluding hydrogens is 634 g/mol. The molecule has 2 aliphatic rings. The molecular formula is C33H37NO14. The maximum atomic E-state index is 13.0. The lowest BCUT2D eigenvalue weighted by Gasteiger charge is -2.44. The Morgan fingerprint density at radius 2 is 1.25 bits per heavy atom. The van der Waals surface area contributed by atoms with Crippen LogP contribution in [0.25, 0.3) is 11.1 Å². The Balaban J connectivity index is 1.52. The molecule has 15 heteroatoms. The third-order valence-electron chi connectivity index (χ3n) is 7.65. The zero-order valence-corrected chi connectivity index (χ0v) is 26.9. The van der Waals surface area contributed by atoms with Gasteiger partial charge in [0.25, 0.3) is 0 Å². The number of nitrogens with one attached hydrogen (secondary N) is 1. The lowest BCUT2D eigenvalue weighted by Crippen LogP contribution is -2.64. The van der Waals surface area contributed by atoms with Crippen molar-refractivity contribution in [3.05, 3.63) is 59.7 Å². The summed E-state index contributed by atoms with van der Waals surface area (Å²) in [5, 5.41) is 12.3. The molecule has 4 rings (SSSR count). The largest absolute Gasteiger partial charge is 0.480 e. The summed E-state index contributed by atoms with van der Waals surface area (Å²) < 4.78 is 38.3. The molecule has 7 atom stereocenters. The van der Waals surface area contributed by atoms with Gasteiger partial charge >= 0.3 is 35.9 Å². The van der Waals surface area contributed by atoms with Gasteiger partial charge in [-0.15, -0.1) is 0 Å². The molecule has 1 amide bonds. The Labute approximate surface area is 275 Å². The Hall–Kier alpha value is -5.02. The fraction of sp³-hybridized carbons (Fsp3) is 0.455. The van der Waals surface area contributed by atoms with Crippen molar-refractivity contribution in [3.8, 4) is 11.1 Å². The van der Waals surface area contributed by atoms with Crippen LogP contribution in [0.5, 0.6) is 0 Å². The summed E-state index contributed by atoms with van der Waals surface area (Å²) in [5.74, 6) is -5.03. The fourth-order valence-corrected chi connectivity index (χ4v) is 5.74. The first kappa shape index (κ1) is 35.8. The van der Waals surface area contributed by atoms with E-state index in [0.29, 0.717) is 0 Å². The molecule has 2 aromatic carbocycles. The number of alkyl carbamates (subject to hydrolysis) is 1. The van der Waals surface area contributed by atoms with Gasteiger partial charge in [0.1, 0.15) is 19.3 Å². The zero-order valence-electron chi connectivity index (χ0n) is 26.9. The molecule has 1 aliphatic heterocycles. The first-order valence-corrected chi connectivity index (χ1v) is 15.1. The minimum atomic E-state index is -1.72. The topological polar surface area (TPSA) is 199 Å². The summed E-state index contributed by atoms with van der Waals surface area (Å²) in [6, 6.07) is 13.7. The summed E-state index contributed by atoms with van der Waals surface area (Å²) in [7, 11) is 0. The van der Waals surface area contributed by atoms with E-state index in [0.717, 1.165) is 49.9 Å². The minimum absolute atomic E-state index is 0.0822. The standard InChI is InChI=1S/C33H37NO14/c1-16(27(31(39)40)34-33(41)43-14-25-23-12-8-6-10-21(23)22-11-7-9-13-24(22)25)44-32-30(47-20(5)38)29(46-19(4)37)28(45-18(3)36)26(48-32)15-42-17(2)35/h6-13,16,25-30,32H,14-15H2,1-5H3,(H,34,41)(H,39,40)/t16-,26?,27+,28?,29?,30?,32?/m1/s1.